The lowest BCUT2D eigenvalue weighted by atomic mass is 9.83. The second-order valence-electron chi connectivity index (χ2n) is 4.86. The minimum atomic E-state index is -4.06. The Morgan fingerprint density at radius 3 is 2.78 bits per heavy atom. The van der Waals surface area contributed by atoms with E-state index >= 15 is 0 Å². The molecule has 4 heteroatoms. The largest absolute Gasteiger partial charge is 0.390 e. The van der Waals surface area contributed by atoms with Crippen LogP contribution in [0.4, 0.5) is 13.2 Å². The van der Waals surface area contributed by atoms with Gasteiger partial charge in [-0.2, -0.15) is 13.2 Å². The number of nitrogens with one attached hydrogen (secondary N) is 1. The highest BCUT2D eigenvalue weighted by atomic mass is 19.4. The van der Waals surface area contributed by atoms with Gasteiger partial charge in [-0.15, -0.1) is 0 Å². The average Bonchev–Trinajstić information content (AvgIpc) is 2.33. The summed E-state index contributed by atoms with van der Waals surface area (Å²) in [7, 11) is 0. The minimum absolute atomic E-state index is 0.0160. The first-order valence-electron chi connectivity index (χ1n) is 6.41. The topological polar surface area (TPSA) is 12.0 Å². The zero-order chi connectivity index (χ0) is 13.0. The monoisotopic (exact) mass is 257 g/mol. The lowest BCUT2D eigenvalue weighted by Crippen LogP contribution is -2.27. The standard InChI is InChI=1S/C14H18F3N/c15-14(16,17)8-9-18-10-12-6-3-5-11-4-1-2-7-13(11)12/h1-2,4,7,12,18H,3,5-6,8-10H2. The molecule has 0 aliphatic heterocycles. The molecule has 0 spiro atoms. The molecular formula is C14H18F3N. The van der Waals surface area contributed by atoms with Gasteiger partial charge < -0.3 is 5.32 Å². The van der Waals surface area contributed by atoms with Crippen LogP contribution in [0.3, 0.4) is 0 Å². The Bertz CT molecular complexity index is 387. The molecule has 0 saturated carbocycles. The van der Waals surface area contributed by atoms with Gasteiger partial charge in [0.15, 0.2) is 0 Å². The van der Waals surface area contributed by atoms with Crippen molar-refractivity contribution in [3.8, 4) is 0 Å². The van der Waals surface area contributed by atoms with Gasteiger partial charge in [0.05, 0.1) is 6.42 Å². The van der Waals surface area contributed by atoms with E-state index in [1.807, 2.05) is 12.1 Å². The van der Waals surface area contributed by atoms with Crippen LogP contribution < -0.4 is 5.32 Å². The van der Waals surface area contributed by atoms with E-state index in [1.54, 1.807) is 0 Å². The van der Waals surface area contributed by atoms with Crippen molar-refractivity contribution in [1.82, 2.24) is 5.32 Å². The van der Waals surface area contributed by atoms with Crippen LogP contribution in [-0.2, 0) is 6.42 Å². The van der Waals surface area contributed by atoms with Crippen molar-refractivity contribution in [2.75, 3.05) is 13.1 Å². The lowest BCUT2D eigenvalue weighted by Gasteiger charge is -2.25. The first-order chi connectivity index (χ1) is 8.56. The van der Waals surface area contributed by atoms with Gasteiger partial charge in [0, 0.05) is 13.1 Å². The minimum Gasteiger partial charge on any atom is -0.316 e. The van der Waals surface area contributed by atoms with E-state index in [2.05, 4.69) is 17.4 Å². The smallest absolute Gasteiger partial charge is 0.316 e. The van der Waals surface area contributed by atoms with Crippen LogP contribution in [0.25, 0.3) is 0 Å². The quantitative estimate of drug-likeness (QED) is 0.812. The summed E-state index contributed by atoms with van der Waals surface area (Å²) >= 11 is 0. The molecule has 1 aliphatic carbocycles. The summed E-state index contributed by atoms with van der Waals surface area (Å²) in [6, 6.07) is 8.26. The molecule has 1 nitrogen and oxygen atoms in total. The van der Waals surface area contributed by atoms with E-state index in [1.165, 1.54) is 11.1 Å². The van der Waals surface area contributed by atoms with Gasteiger partial charge in [-0.05, 0) is 36.3 Å². The maximum atomic E-state index is 12.0. The van der Waals surface area contributed by atoms with E-state index in [9.17, 15) is 13.2 Å². The molecule has 0 radical (unpaired) electrons. The lowest BCUT2D eigenvalue weighted by molar-refractivity contribution is -0.133. The maximum Gasteiger partial charge on any atom is 0.390 e. The molecule has 0 bridgehead atoms. The fourth-order valence-corrected chi connectivity index (χ4v) is 2.57. The molecule has 18 heavy (non-hydrogen) atoms. The normalized spacial score (nSPS) is 19.6. The van der Waals surface area contributed by atoms with Gasteiger partial charge in [-0.1, -0.05) is 24.3 Å². The molecule has 0 saturated heterocycles. The van der Waals surface area contributed by atoms with Crippen molar-refractivity contribution in [2.24, 2.45) is 0 Å². The fraction of sp³-hybridized carbons (Fsp3) is 0.571. The van der Waals surface area contributed by atoms with E-state index in [0.717, 1.165) is 19.3 Å². The first kappa shape index (κ1) is 13.4. The Morgan fingerprint density at radius 1 is 1.22 bits per heavy atom. The van der Waals surface area contributed by atoms with Crippen LogP contribution in [0.2, 0.25) is 0 Å². The van der Waals surface area contributed by atoms with Crippen LogP contribution in [0.15, 0.2) is 24.3 Å². The van der Waals surface area contributed by atoms with Crippen LogP contribution in [0.1, 0.15) is 36.3 Å². The summed E-state index contributed by atoms with van der Waals surface area (Å²) < 4.78 is 36.1. The van der Waals surface area contributed by atoms with Gasteiger partial charge in [0.1, 0.15) is 0 Å². The van der Waals surface area contributed by atoms with Gasteiger partial charge in [0.2, 0.25) is 0 Å². The van der Waals surface area contributed by atoms with Crippen LogP contribution in [0, 0.1) is 0 Å². The van der Waals surface area contributed by atoms with Crippen molar-refractivity contribution in [3.63, 3.8) is 0 Å². The highest BCUT2D eigenvalue weighted by molar-refractivity contribution is 5.32. The molecule has 1 unspecified atom stereocenters. The summed E-state index contributed by atoms with van der Waals surface area (Å²) in [6.07, 6.45) is -1.52. The zero-order valence-corrected chi connectivity index (χ0v) is 10.3. The second kappa shape index (κ2) is 5.74. The van der Waals surface area contributed by atoms with Crippen molar-refractivity contribution in [3.05, 3.63) is 35.4 Å². The number of halogens is 3. The molecule has 1 atom stereocenters. The SMILES string of the molecule is FC(F)(F)CCNCC1CCCc2ccccc21. The van der Waals surface area contributed by atoms with E-state index in [0.29, 0.717) is 12.5 Å². The number of fused-ring (bicyclic) bond motifs is 1. The number of alkyl halides is 3. The molecule has 1 aromatic carbocycles. The van der Waals surface area contributed by atoms with Crippen LogP contribution >= 0.6 is 0 Å². The summed E-state index contributed by atoms with van der Waals surface area (Å²) in [5.74, 6) is 0.364. The average molecular weight is 257 g/mol. The molecule has 2 rings (SSSR count). The molecule has 0 fully saturated rings. The first-order valence-corrected chi connectivity index (χ1v) is 6.41. The third kappa shape index (κ3) is 3.73. The Labute approximate surface area is 105 Å². The third-order valence-corrected chi connectivity index (χ3v) is 3.47. The number of hydrogen-bond donors (Lipinski definition) is 1. The Morgan fingerprint density at radius 2 is 2.00 bits per heavy atom. The Hall–Kier alpha value is -1.03. The van der Waals surface area contributed by atoms with Gasteiger partial charge in [-0.3, -0.25) is 0 Å². The number of rotatable bonds is 4. The third-order valence-electron chi connectivity index (χ3n) is 3.47. The molecule has 0 aromatic heterocycles. The van der Waals surface area contributed by atoms with Crippen LogP contribution in [-0.4, -0.2) is 19.3 Å². The number of aryl methyl sites for hydroxylation is 1. The van der Waals surface area contributed by atoms with Crippen molar-refractivity contribution >= 4 is 0 Å². The highest BCUT2D eigenvalue weighted by Gasteiger charge is 2.26. The van der Waals surface area contributed by atoms with Gasteiger partial charge in [0.25, 0.3) is 0 Å². The molecule has 0 amide bonds. The summed E-state index contributed by atoms with van der Waals surface area (Å²) in [6.45, 7) is 0.662. The summed E-state index contributed by atoms with van der Waals surface area (Å²) in [5, 5.41) is 2.93. The van der Waals surface area contributed by atoms with E-state index < -0.39 is 12.6 Å². The zero-order valence-electron chi connectivity index (χ0n) is 10.3. The van der Waals surface area contributed by atoms with Gasteiger partial charge >= 0.3 is 6.18 Å². The maximum absolute atomic E-state index is 12.0. The molecule has 1 aromatic rings. The van der Waals surface area contributed by atoms with Crippen molar-refractivity contribution in [1.29, 1.82) is 0 Å². The van der Waals surface area contributed by atoms with E-state index in [-0.39, 0.29) is 6.54 Å². The number of hydrogen-bond acceptors (Lipinski definition) is 1. The molecule has 100 valence electrons. The fourth-order valence-electron chi connectivity index (χ4n) is 2.57. The summed E-state index contributed by atoms with van der Waals surface area (Å²) in [5.41, 5.74) is 2.66. The molecule has 1 N–H and O–H groups in total. The molecule has 0 heterocycles. The number of benzene rings is 1. The highest BCUT2D eigenvalue weighted by Crippen LogP contribution is 2.30. The summed E-state index contributed by atoms with van der Waals surface area (Å²) in [4.78, 5) is 0. The predicted octanol–water partition coefficient (Wildman–Crippen LogP) is 3.65. The molecule has 1 aliphatic rings. The van der Waals surface area contributed by atoms with Crippen molar-refractivity contribution < 1.29 is 13.2 Å². The Kier molecular flexibility index (Phi) is 4.27. The van der Waals surface area contributed by atoms with Gasteiger partial charge in [-0.25, -0.2) is 0 Å². The van der Waals surface area contributed by atoms with E-state index in [4.69, 9.17) is 0 Å². The Balaban J connectivity index is 1.84. The second-order valence-corrected chi connectivity index (χ2v) is 4.86. The van der Waals surface area contributed by atoms with Crippen molar-refractivity contribution in [2.45, 2.75) is 37.8 Å². The predicted molar refractivity (Wildman–Crippen MR) is 65.7 cm³/mol. The van der Waals surface area contributed by atoms with Crippen LogP contribution in [0.5, 0.6) is 0 Å². The molecular weight excluding hydrogens is 239 g/mol.